The normalized spacial score (nSPS) is 16.4. The molecule has 6 aromatic rings. The lowest BCUT2D eigenvalue weighted by molar-refractivity contribution is -0.384. The number of nitro groups is 1. The summed E-state index contributed by atoms with van der Waals surface area (Å²) in [6.07, 6.45) is 8.93. The van der Waals surface area contributed by atoms with Crippen LogP contribution in [0, 0.1) is 10.1 Å². The van der Waals surface area contributed by atoms with Crippen molar-refractivity contribution < 1.29 is 4.92 Å². The molecule has 216 valence electrons. The van der Waals surface area contributed by atoms with Crippen LogP contribution >= 0.6 is 0 Å². The van der Waals surface area contributed by atoms with Gasteiger partial charge in [0.25, 0.3) is 5.69 Å². The molecule has 0 amide bonds. The summed E-state index contributed by atoms with van der Waals surface area (Å²) < 4.78 is 0. The van der Waals surface area contributed by atoms with E-state index in [1.807, 2.05) is 24.3 Å². The molecular formula is C40H29N3O2. The van der Waals surface area contributed by atoms with Crippen molar-refractivity contribution >= 4 is 44.9 Å². The van der Waals surface area contributed by atoms with E-state index in [2.05, 4.69) is 137 Å². The minimum Gasteiger partial charge on any atom is -0.333 e. The van der Waals surface area contributed by atoms with Gasteiger partial charge in [0.2, 0.25) is 0 Å². The molecule has 8 rings (SSSR count). The molecule has 0 saturated carbocycles. The molecule has 1 aliphatic carbocycles. The Morgan fingerprint density at radius 2 is 1.33 bits per heavy atom. The first-order chi connectivity index (χ1) is 22.2. The predicted molar refractivity (Wildman–Crippen MR) is 184 cm³/mol. The highest BCUT2D eigenvalue weighted by Gasteiger charge is 2.37. The first kappa shape index (κ1) is 26.7. The van der Waals surface area contributed by atoms with E-state index in [0.29, 0.717) is 0 Å². The van der Waals surface area contributed by atoms with Gasteiger partial charge in [0.1, 0.15) is 0 Å². The second-order valence-electron chi connectivity index (χ2n) is 11.4. The van der Waals surface area contributed by atoms with Gasteiger partial charge in [-0.25, -0.2) is 0 Å². The maximum Gasteiger partial charge on any atom is 0.269 e. The van der Waals surface area contributed by atoms with Gasteiger partial charge in [0, 0.05) is 46.2 Å². The highest BCUT2D eigenvalue weighted by Crippen LogP contribution is 2.50. The molecule has 5 heteroatoms. The fraction of sp³-hybridized carbons (Fsp3) is 0.0500. The summed E-state index contributed by atoms with van der Waals surface area (Å²) in [5, 5.41) is 13.5. The topological polar surface area (TPSA) is 49.6 Å². The van der Waals surface area contributed by atoms with E-state index in [1.165, 1.54) is 16.9 Å². The summed E-state index contributed by atoms with van der Waals surface area (Å²) in [7, 11) is 0. The largest absolute Gasteiger partial charge is 0.333 e. The zero-order chi connectivity index (χ0) is 30.3. The van der Waals surface area contributed by atoms with Crippen molar-refractivity contribution in [2.75, 3.05) is 9.80 Å². The van der Waals surface area contributed by atoms with Crippen LogP contribution in [-0.4, -0.2) is 11.0 Å². The zero-order valence-electron chi connectivity index (χ0n) is 24.4. The third-order valence-electron chi connectivity index (χ3n) is 8.87. The number of hydrogen-bond donors (Lipinski definition) is 0. The van der Waals surface area contributed by atoms with Gasteiger partial charge in [-0.05, 0) is 82.7 Å². The maximum atomic E-state index is 11.3. The van der Waals surface area contributed by atoms with E-state index >= 15 is 0 Å². The number of hydrogen-bond acceptors (Lipinski definition) is 4. The molecule has 5 nitrogen and oxygen atoms in total. The predicted octanol–water partition coefficient (Wildman–Crippen LogP) is 10.6. The van der Waals surface area contributed by atoms with E-state index in [9.17, 15) is 10.1 Å². The number of para-hydroxylation sites is 2. The summed E-state index contributed by atoms with van der Waals surface area (Å²) in [4.78, 5) is 15.7. The summed E-state index contributed by atoms with van der Waals surface area (Å²) in [5.41, 5.74) is 9.00. The fourth-order valence-electron chi connectivity index (χ4n) is 6.85. The SMILES string of the molecule is O=[N+]([O-])c1ccc(-c2ccc(N(c3ccccc3)c3ccc4c(c3)C3C=CC=CC3N4c3ccccc3)c3ccccc23)cc1. The summed E-state index contributed by atoms with van der Waals surface area (Å²) in [6, 6.07) is 47.7. The Balaban J connectivity index is 1.29. The van der Waals surface area contributed by atoms with Crippen molar-refractivity contribution in [2.24, 2.45) is 0 Å². The van der Waals surface area contributed by atoms with Gasteiger partial charge < -0.3 is 9.80 Å². The van der Waals surface area contributed by atoms with E-state index in [-0.39, 0.29) is 22.6 Å². The number of fused-ring (bicyclic) bond motifs is 4. The monoisotopic (exact) mass is 583 g/mol. The van der Waals surface area contributed by atoms with Crippen molar-refractivity contribution in [2.45, 2.75) is 12.0 Å². The third-order valence-corrected chi connectivity index (χ3v) is 8.87. The van der Waals surface area contributed by atoms with Crippen LogP contribution in [0.1, 0.15) is 11.5 Å². The molecular weight excluding hydrogens is 554 g/mol. The first-order valence-corrected chi connectivity index (χ1v) is 15.1. The number of allylic oxidation sites excluding steroid dienone is 2. The molecule has 0 N–H and O–H groups in total. The molecule has 2 aliphatic rings. The molecule has 6 aromatic carbocycles. The van der Waals surface area contributed by atoms with Crippen LogP contribution in [0.5, 0.6) is 0 Å². The van der Waals surface area contributed by atoms with Crippen LogP contribution in [0.2, 0.25) is 0 Å². The molecule has 45 heavy (non-hydrogen) atoms. The Hall–Kier alpha value is -5.94. The molecule has 0 aromatic heterocycles. The minimum absolute atomic E-state index is 0.0860. The van der Waals surface area contributed by atoms with Gasteiger partial charge in [-0.15, -0.1) is 0 Å². The average molecular weight is 584 g/mol. The second-order valence-corrected chi connectivity index (χ2v) is 11.4. The van der Waals surface area contributed by atoms with Gasteiger partial charge in [-0.3, -0.25) is 10.1 Å². The van der Waals surface area contributed by atoms with E-state index in [1.54, 1.807) is 12.1 Å². The van der Waals surface area contributed by atoms with Gasteiger partial charge in [0.15, 0.2) is 0 Å². The van der Waals surface area contributed by atoms with Crippen molar-refractivity contribution in [3.63, 3.8) is 0 Å². The highest BCUT2D eigenvalue weighted by molar-refractivity contribution is 6.06. The molecule has 2 atom stereocenters. The fourth-order valence-corrected chi connectivity index (χ4v) is 6.85. The smallest absolute Gasteiger partial charge is 0.269 e. The molecule has 1 heterocycles. The van der Waals surface area contributed by atoms with Crippen LogP contribution in [0.3, 0.4) is 0 Å². The molecule has 0 radical (unpaired) electrons. The average Bonchev–Trinajstić information content (AvgIpc) is 3.43. The third kappa shape index (κ3) is 4.57. The lowest BCUT2D eigenvalue weighted by Crippen LogP contribution is -2.28. The van der Waals surface area contributed by atoms with Crippen molar-refractivity contribution in [1.82, 2.24) is 0 Å². The van der Waals surface area contributed by atoms with Crippen LogP contribution in [-0.2, 0) is 0 Å². The van der Waals surface area contributed by atoms with Gasteiger partial charge in [-0.1, -0.05) is 91.0 Å². The minimum atomic E-state index is -0.361. The molecule has 0 bridgehead atoms. The summed E-state index contributed by atoms with van der Waals surface area (Å²) >= 11 is 0. The maximum absolute atomic E-state index is 11.3. The van der Waals surface area contributed by atoms with E-state index in [0.717, 1.165) is 39.0 Å². The van der Waals surface area contributed by atoms with Crippen LogP contribution < -0.4 is 9.80 Å². The summed E-state index contributed by atoms with van der Waals surface area (Å²) in [5.74, 6) is 0.240. The Kier molecular flexibility index (Phi) is 6.50. The zero-order valence-corrected chi connectivity index (χ0v) is 24.4. The number of nitro benzene ring substituents is 1. The van der Waals surface area contributed by atoms with Crippen molar-refractivity contribution in [3.8, 4) is 11.1 Å². The van der Waals surface area contributed by atoms with Crippen LogP contribution in [0.25, 0.3) is 21.9 Å². The molecule has 0 spiro atoms. The summed E-state index contributed by atoms with van der Waals surface area (Å²) in [6.45, 7) is 0. The number of nitrogens with zero attached hydrogens (tertiary/aromatic N) is 3. The Bertz CT molecular complexity index is 2100. The molecule has 0 saturated heterocycles. The lowest BCUT2D eigenvalue weighted by atomic mass is 9.91. The highest BCUT2D eigenvalue weighted by atomic mass is 16.6. The number of rotatable bonds is 6. The van der Waals surface area contributed by atoms with Gasteiger partial charge in [0.05, 0.1) is 16.7 Å². The Labute approximate surface area is 261 Å². The number of anilines is 5. The van der Waals surface area contributed by atoms with Crippen molar-refractivity contribution in [1.29, 1.82) is 0 Å². The quantitative estimate of drug-likeness (QED) is 0.145. The Morgan fingerprint density at radius 1 is 0.644 bits per heavy atom. The van der Waals surface area contributed by atoms with Gasteiger partial charge >= 0.3 is 0 Å². The van der Waals surface area contributed by atoms with Crippen molar-refractivity contribution in [3.05, 3.63) is 180 Å². The number of benzene rings is 6. The lowest BCUT2D eigenvalue weighted by Gasteiger charge is -2.29. The molecule has 2 unspecified atom stereocenters. The number of non-ortho nitro benzene ring substituents is 1. The second kappa shape index (κ2) is 11.0. The van der Waals surface area contributed by atoms with E-state index < -0.39 is 0 Å². The van der Waals surface area contributed by atoms with Crippen LogP contribution in [0.4, 0.5) is 34.1 Å². The Morgan fingerprint density at radius 3 is 2.09 bits per heavy atom. The van der Waals surface area contributed by atoms with E-state index in [4.69, 9.17) is 0 Å². The van der Waals surface area contributed by atoms with Crippen LogP contribution in [0.15, 0.2) is 164 Å². The standard InChI is InChI=1S/C40H29N3O2/c44-43(45)31-21-19-28(20-22-31)33-24-26-39(35-16-8-7-15-34(33)35)41(29-11-3-1-4-12-29)32-23-25-40-37(27-32)36-17-9-10-18-38(36)42(40)30-13-5-2-6-14-30/h1-27,36,38H. The molecule has 0 fully saturated rings. The molecule has 1 aliphatic heterocycles. The van der Waals surface area contributed by atoms with Gasteiger partial charge in [-0.2, -0.15) is 0 Å². The first-order valence-electron chi connectivity index (χ1n) is 15.1.